The highest BCUT2D eigenvalue weighted by atomic mass is 32.1. The number of hydrogen-bond acceptors (Lipinski definition) is 6. The molecule has 0 spiro atoms. The van der Waals surface area contributed by atoms with Crippen LogP contribution in [0.1, 0.15) is 36.4 Å². The molecule has 3 heterocycles. The molecule has 2 atom stereocenters. The summed E-state index contributed by atoms with van der Waals surface area (Å²) in [7, 11) is 0. The molecule has 2 saturated heterocycles. The number of carboxylic acid groups (broad SMARTS) is 1. The van der Waals surface area contributed by atoms with Gasteiger partial charge in [0.2, 0.25) is 11.8 Å². The molecule has 2 amide bonds. The molecule has 3 fully saturated rings. The normalized spacial score (nSPS) is 24.1. The van der Waals surface area contributed by atoms with Gasteiger partial charge >= 0.3 is 12.1 Å². The number of carboxylic acids is 1. The Morgan fingerprint density at radius 1 is 1.29 bits per heavy atom. The number of ether oxygens (including phenoxy) is 1. The number of carbonyl (C=O) groups excluding carboxylic acids is 2. The molecular formula is C19H24F3N3O5S. The molecule has 1 N–H and O–H groups in total. The van der Waals surface area contributed by atoms with Crippen molar-refractivity contribution in [3.05, 3.63) is 16.1 Å². The number of amides is 2. The number of nitrogens with zero attached hydrogens (tertiary/aromatic N) is 3. The van der Waals surface area contributed by atoms with E-state index < -0.39 is 12.1 Å². The van der Waals surface area contributed by atoms with Gasteiger partial charge in [0.05, 0.1) is 29.4 Å². The Bertz CT molecular complexity index is 825. The summed E-state index contributed by atoms with van der Waals surface area (Å²) in [6.45, 7) is 3.79. The lowest BCUT2D eigenvalue weighted by Crippen LogP contribution is -2.53. The summed E-state index contributed by atoms with van der Waals surface area (Å²) in [5.41, 5.74) is 0.923. The summed E-state index contributed by atoms with van der Waals surface area (Å²) >= 11 is 1.60. The first kappa shape index (κ1) is 23.5. The van der Waals surface area contributed by atoms with Gasteiger partial charge in [-0.2, -0.15) is 13.2 Å². The average Bonchev–Trinajstić information content (AvgIpc) is 3.44. The molecule has 1 aromatic heterocycles. The lowest BCUT2D eigenvalue weighted by molar-refractivity contribution is -0.192. The van der Waals surface area contributed by atoms with Crippen molar-refractivity contribution in [3.63, 3.8) is 0 Å². The van der Waals surface area contributed by atoms with Crippen molar-refractivity contribution >= 4 is 29.1 Å². The maximum atomic E-state index is 12.7. The number of halogens is 3. The van der Waals surface area contributed by atoms with Crippen LogP contribution in [0.5, 0.6) is 0 Å². The van der Waals surface area contributed by atoms with Crippen LogP contribution >= 0.6 is 11.3 Å². The van der Waals surface area contributed by atoms with Crippen LogP contribution in [0.3, 0.4) is 0 Å². The highest BCUT2D eigenvalue weighted by molar-refractivity contribution is 7.09. The number of likely N-dealkylation sites (tertiary alicyclic amines) is 1. The van der Waals surface area contributed by atoms with E-state index in [0.29, 0.717) is 19.6 Å². The second kappa shape index (κ2) is 9.51. The van der Waals surface area contributed by atoms with Crippen molar-refractivity contribution in [2.75, 3.05) is 19.7 Å². The van der Waals surface area contributed by atoms with Crippen molar-refractivity contribution in [3.8, 4) is 0 Å². The number of hydrogen-bond donors (Lipinski definition) is 1. The average molecular weight is 463 g/mol. The number of morpholine rings is 1. The summed E-state index contributed by atoms with van der Waals surface area (Å²) in [4.78, 5) is 42.2. The molecule has 0 aromatic carbocycles. The zero-order valence-electron chi connectivity index (χ0n) is 16.9. The number of aromatic nitrogens is 1. The van der Waals surface area contributed by atoms with E-state index in [0.717, 1.165) is 36.4 Å². The van der Waals surface area contributed by atoms with E-state index in [-0.39, 0.29) is 36.5 Å². The summed E-state index contributed by atoms with van der Waals surface area (Å²) in [5.74, 6) is -2.33. The van der Waals surface area contributed by atoms with Crippen LogP contribution in [0.15, 0.2) is 5.38 Å². The summed E-state index contributed by atoms with van der Waals surface area (Å²) in [6, 6.07) is -0.0430. The van der Waals surface area contributed by atoms with E-state index in [4.69, 9.17) is 14.6 Å². The van der Waals surface area contributed by atoms with Crippen molar-refractivity contribution in [1.29, 1.82) is 0 Å². The first-order valence-corrected chi connectivity index (χ1v) is 10.8. The van der Waals surface area contributed by atoms with E-state index in [1.54, 1.807) is 11.3 Å². The molecule has 1 aromatic rings. The zero-order valence-corrected chi connectivity index (χ0v) is 17.7. The minimum atomic E-state index is -5.08. The van der Waals surface area contributed by atoms with Crippen LogP contribution in [0.2, 0.25) is 0 Å². The van der Waals surface area contributed by atoms with Gasteiger partial charge in [-0.15, -0.1) is 11.3 Å². The van der Waals surface area contributed by atoms with Crippen molar-refractivity contribution in [1.82, 2.24) is 14.8 Å². The fraction of sp³-hybridized carbons (Fsp3) is 0.684. The van der Waals surface area contributed by atoms with Crippen LogP contribution < -0.4 is 0 Å². The SMILES string of the molecule is Cc1nc(CN2C(=O)CO[C@@H]3CN(C(=O)C4CCCC4)C[C@H]32)cs1.O=C(O)C(F)(F)F. The Kier molecular flexibility index (Phi) is 7.20. The van der Waals surface area contributed by atoms with E-state index in [9.17, 15) is 22.8 Å². The van der Waals surface area contributed by atoms with Crippen LogP contribution in [-0.4, -0.2) is 75.7 Å². The van der Waals surface area contributed by atoms with Gasteiger partial charge in [-0.25, -0.2) is 9.78 Å². The maximum absolute atomic E-state index is 12.7. The minimum absolute atomic E-state index is 0.00271. The number of aliphatic carboxylic acids is 1. The number of rotatable bonds is 3. The largest absolute Gasteiger partial charge is 0.490 e. The van der Waals surface area contributed by atoms with Crippen LogP contribution in [0.25, 0.3) is 0 Å². The summed E-state index contributed by atoms with van der Waals surface area (Å²) in [5, 5.41) is 10.1. The second-order valence-corrected chi connectivity index (χ2v) is 8.89. The number of fused-ring (bicyclic) bond motifs is 1. The monoisotopic (exact) mass is 463 g/mol. The van der Waals surface area contributed by atoms with Gasteiger partial charge in [-0.1, -0.05) is 12.8 Å². The van der Waals surface area contributed by atoms with E-state index in [1.165, 1.54) is 0 Å². The zero-order chi connectivity index (χ0) is 22.8. The van der Waals surface area contributed by atoms with Gasteiger partial charge in [0, 0.05) is 24.4 Å². The fourth-order valence-corrected chi connectivity index (χ4v) is 4.74. The number of carbonyl (C=O) groups is 3. The summed E-state index contributed by atoms with van der Waals surface area (Å²) < 4.78 is 37.5. The predicted octanol–water partition coefficient (Wildman–Crippen LogP) is 2.21. The Hall–Kier alpha value is -2.21. The predicted molar refractivity (Wildman–Crippen MR) is 103 cm³/mol. The first-order valence-electron chi connectivity index (χ1n) is 9.97. The van der Waals surface area contributed by atoms with Crippen molar-refractivity contribution < 1.29 is 37.4 Å². The first-order chi connectivity index (χ1) is 14.6. The van der Waals surface area contributed by atoms with Crippen LogP contribution in [0.4, 0.5) is 13.2 Å². The Morgan fingerprint density at radius 2 is 1.94 bits per heavy atom. The highest BCUT2D eigenvalue weighted by Crippen LogP contribution is 2.31. The van der Waals surface area contributed by atoms with Crippen molar-refractivity contribution in [2.24, 2.45) is 5.92 Å². The Balaban J connectivity index is 0.000000339. The Labute approximate surface area is 181 Å². The van der Waals surface area contributed by atoms with Crippen molar-refractivity contribution in [2.45, 2.75) is 57.5 Å². The molecule has 1 aliphatic carbocycles. The minimum Gasteiger partial charge on any atom is -0.475 e. The van der Waals surface area contributed by atoms with E-state index >= 15 is 0 Å². The van der Waals surface area contributed by atoms with Crippen LogP contribution in [-0.2, 0) is 25.7 Å². The maximum Gasteiger partial charge on any atom is 0.490 e. The smallest absolute Gasteiger partial charge is 0.475 e. The molecule has 0 unspecified atom stereocenters. The molecular weight excluding hydrogens is 439 g/mol. The molecule has 8 nitrogen and oxygen atoms in total. The molecule has 3 aliphatic rings. The molecule has 12 heteroatoms. The molecule has 31 heavy (non-hydrogen) atoms. The lowest BCUT2D eigenvalue weighted by Gasteiger charge is -2.36. The van der Waals surface area contributed by atoms with Gasteiger partial charge in [0.25, 0.3) is 0 Å². The molecule has 1 saturated carbocycles. The third-order valence-electron chi connectivity index (χ3n) is 5.64. The van der Waals surface area contributed by atoms with E-state index in [2.05, 4.69) is 4.98 Å². The van der Waals surface area contributed by atoms with E-state index in [1.807, 2.05) is 22.1 Å². The number of aryl methyl sites for hydroxylation is 1. The third kappa shape index (κ3) is 5.73. The van der Waals surface area contributed by atoms with Gasteiger partial charge in [-0.3, -0.25) is 9.59 Å². The van der Waals surface area contributed by atoms with Gasteiger partial charge in [0.1, 0.15) is 6.61 Å². The topological polar surface area (TPSA) is 100 Å². The molecule has 2 aliphatic heterocycles. The summed E-state index contributed by atoms with van der Waals surface area (Å²) in [6.07, 6.45) is -0.825. The molecule has 172 valence electrons. The standard InChI is InChI=1S/C17H23N3O3S.C2HF3O2/c1-11-18-13(10-24-11)6-20-14-7-19(8-15(14)23-9-16(20)21)17(22)12-4-2-3-5-12;3-2(4,5)1(6)7/h10,12,14-15H,2-9H2,1H3;(H,6,7)/t14-,15-;/m1./s1. The second-order valence-electron chi connectivity index (χ2n) is 7.82. The quantitative estimate of drug-likeness (QED) is 0.738. The molecule has 0 radical (unpaired) electrons. The molecule has 4 rings (SSSR count). The van der Waals surface area contributed by atoms with Gasteiger partial charge in [-0.05, 0) is 19.8 Å². The fourth-order valence-electron chi connectivity index (χ4n) is 4.14. The van der Waals surface area contributed by atoms with Crippen LogP contribution in [0, 0.1) is 12.8 Å². The molecule has 0 bridgehead atoms. The number of alkyl halides is 3. The Morgan fingerprint density at radius 3 is 2.48 bits per heavy atom. The third-order valence-corrected chi connectivity index (χ3v) is 6.46. The number of thiazole rings is 1. The van der Waals surface area contributed by atoms with Gasteiger partial charge in [0.15, 0.2) is 0 Å². The van der Waals surface area contributed by atoms with Gasteiger partial charge < -0.3 is 19.6 Å². The highest BCUT2D eigenvalue weighted by Gasteiger charge is 2.45. The lowest BCUT2D eigenvalue weighted by atomic mass is 10.1.